The highest BCUT2D eigenvalue weighted by molar-refractivity contribution is 6.08. The van der Waals surface area contributed by atoms with Crippen LogP contribution in [-0.2, 0) is 6.42 Å². The molecule has 1 amide bonds. The van der Waals surface area contributed by atoms with Crippen molar-refractivity contribution in [1.82, 2.24) is 15.2 Å². The van der Waals surface area contributed by atoms with E-state index in [2.05, 4.69) is 19.9 Å². The first-order valence-corrected chi connectivity index (χ1v) is 7.54. The van der Waals surface area contributed by atoms with Crippen molar-refractivity contribution in [3.05, 3.63) is 41.9 Å². The van der Waals surface area contributed by atoms with E-state index in [1.807, 2.05) is 0 Å². The van der Waals surface area contributed by atoms with E-state index in [0.29, 0.717) is 23.1 Å². The third-order valence-corrected chi connectivity index (χ3v) is 4.11. The van der Waals surface area contributed by atoms with Gasteiger partial charge < -0.3 is 14.6 Å². The monoisotopic (exact) mass is 332 g/mol. The van der Waals surface area contributed by atoms with E-state index < -0.39 is 6.61 Å². The van der Waals surface area contributed by atoms with E-state index in [-0.39, 0.29) is 11.7 Å². The Kier molecular flexibility index (Phi) is 3.44. The topological polar surface area (TPSA) is 74.0 Å². The molecule has 0 radical (unpaired) electrons. The van der Waals surface area contributed by atoms with Crippen molar-refractivity contribution in [3.8, 4) is 5.75 Å². The molecular formula is C16H14F2N4O2. The van der Waals surface area contributed by atoms with Gasteiger partial charge in [0, 0.05) is 17.4 Å². The number of carbonyl (C=O) groups excluding carboxylic acids is 1. The van der Waals surface area contributed by atoms with Gasteiger partial charge in [0.1, 0.15) is 11.4 Å². The third-order valence-electron chi connectivity index (χ3n) is 4.11. The molecule has 0 fully saturated rings. The third kappa shape index (κ3) is 2.40. The average Bonchev–Trinajstić information content (AvgIpc) is 3.20. The Hall–Kier alpha value is -2.90. The molecule has 0 saturated heterocycles. The van der Waals surface area contributed by atoms with Gasteiger partial charge in [0.15, 0.2) is 0 Å². The number of benzene rings is 1. The number of amides is 1. The maximum absolute atomic E-state index is 12.8. The fraction of sp³-hybridized carbons (Fsp3) is 0.250. The molecule has 0 aliphatic carbocycles. The van der Waals surface area contributed by atoms with Crippen LogP contribution in [0.4, 0.5) is 14.5 Å². The number of aromatic nitrogens is 3. The summed E-state index contributed by atoms with van der Waals surface area (Å²) in [4.78, 5) is 17.4. The van der Waals surface area contributed by atoms with Crippen LogP contribution in [0.15, 0.2) is 30.5 Å². The number of alkyl halides is 2. The first-order valence-electron chi connectivity index (χ1n) is 7.54. The van der Waals surface area contributed by atoms with Crippen LogP contribution in [0.3, 0.4) is 0 Å². The molecule has 3 heterocycles. The standard InChI is InChI=1S/C16H14F2N4O2/c17-16(18)24-14-5-1-3-10-9(14)7-12(20-10)15(23)22-6-2-4-11-13(22)8-19-21-11/h1,3,5,7-8,16,20H,2,4,6H2,(H,19,21). The van der Waals surface area contributed by atoms with Gasteiger partial charge in [-0.05, 0) is 31.0 Å². The maximum atomic E-state index is 12.8. The Balaban J connectivity index is 1.71. The Bertz CT molecular complexity index is 903. The largest absolute Gasteiger partial charge is 0.434 e. The van der Waals surface area contributed by atoms with E-state index in [1.54, 1.807) is 29.3 Å². The number of hydrogen-bond donors (Lipinski definition) is 2. The number of carbonyl (C=O) groups is 1. The summed E-state index contributed by atoms with van der Waals surface area (Å²) in [5.41, 5.74) is 2.58. The number of ether oxygens (including phenoxy) is 1. The molecule has 0 atom stereocenters. The molecule has 24 heavy (non-hydrogen) atoms. The lowest BCUT2D eigenvalue weighted by Crippen LogP contribution is -2.35. The number of H-pyrrole nitrogens is 2. The first kappa shape index (κ1) is 14.7. The summed E-state index contributed by atoms with van der Waals surface area (Å²) < 4.78 is 29.5. The van der Waals surface area contributed by atoms with Gasteiger partial charge in [-0.15, -0.1) is 0 Å². The number of aryl methyl sites for hydroxylation is 1. The summed E-state index contributed by atoms with van der Waals surface area (Å²) in [6.07, 6.45) is 3.31. The fourth-order valence-corrected chi connectivity index (χ4v) is 3.06. The van der Waals surface area contributed by atoms with Gasteiger partial charge in [-0.2, -0.15) is 13.9 Å². The van der Waals surface area contributed by atoms with E-state index in [0.717, 1.165) is 24.2 Å². The zero-order valence-corrected chi connectivity index (χ0v) is 12.6. The number of halogens is 2. The smallest absolute Gasteiger partial charge is 0.387 e. The first-order chi connectivity index (χ1) is 11.6. The number of anilines is 1. The predicted octanol–water partition coefficient (Wildman–Crippen LogP) is 3.09. The van der Waals surface area contributed by atoms with E-state index in [9.17, 15) is 13.6 Å². The molecule has 2 aromatic heterocycles. The molecule has 0 spiro atoms. The average molecular weight is 332 g/mol. The number of nitrogens with one attached hydrogen (secondary N) is 2. The number of hydrogen-bond acceptors (Lipinski definition) is 3. The summed E-state index contributed by atoms with van der Waals surface area (Å²) in [5, 5.41) is 7.33. The van der Waals surface area contributed by atoms with Crippen LogP contribution in [-0.4, -0.2) is 34.2 Å². The maximum Gasteiger partial charge on any atom is 0.387 e. The highest BCUT2D eigenvalue weighted by Crippen LogP contribution is 2.30. The summed E-state index contributed by atoms with van der Waals surface area (Å²) in [6.45, 7) is -2.33. The van der Waals surface area contributed by atoms with Crippen molar-refractivity contribution in [2.45, 2.75) is 19.5 Å². The number of fused-ring (bicyclic) bond motifs is 2. The molecule has 1 aliphatic rings. The van der Waals surface area contributed by atoms with Gasteiger partial charge in [0.05, 0.1) is 17.6 Å². The molecule has 6 nitrogen and oxygen atoms in total. The van der Waals surface area contributed by atoms with Gasteiger partial charge >= 0.3 is 6.61 Å². The van der Waals surface area contributed by atoms with Gasteiger partial charge in [0.2, 0.25) is 0 Å². The Labute approximate surface area is 135 Å². The summed E-state index contributed by atoms with van der Waals surface area (Å²) >= 11 is 0. The van der Waals surface area contributed by atoms with Gasteiger partial charge in [-0.25, -0.2) is 0 Å². The van der Waals surface area contributed by atoms with E-state index in [4.69, 9.17) is 0 Å². The van der Waals surface area contributed by atoms with Gasteiger partial charge in [0.25, 0.3) is 5.91 Å². The molecule has 0 bridgehead atoms. The highest BCUT2D eigenvalue weighted by atomic mass is 19.3. The molecule has 2 N–H and O–H groups in total. The van der Waals surface area contributed by atoms with Crippen LogP contribution >= 0.6 is 0 Å². The summed E-state index contributed by atoms with van der Waals surface area (Å²) in [5.74, 6) is -0.183. The van der Waals surface area contributed by atoms with Crippen molar-refractivity contribution >= 4 is 22.5 Å². The van der Waals surface area contributed by atoms with Crippen molar-refractivity contribution < 1.29 is 18.3 Å². The highest BCUT2D eigenvalue weighted by Gasteiger charge is 2.26. The lowest BCUT2D eigenvalue weighted by molar-refractivity contribution is -0.0487. The fourth-order valence-electron chi connectivity index (χ4n) is 3.06. The van der Waals surface area contributed by atoms with Gasteiger partial charge in [-0.3, -0.25) is 9.89 Å². The van der Waals surface area contributed by atoms with Crippen molar-refractivity contribution in [1.29, 1.82) is 0 Å². The molecule has 124 valence electrons. The Morgan fingerprint density at radius 2 is 2.25 bits per heavy atom. The minimum atomic E-state index is -2.92. The molecule has 0 unspecified atom stereocenters. The molecule has 1 aliphatic heterocycles. The van der Waals surface area contributed by atoms with Gasteiger partial charge in [-0.1, -0.05) is 6.07 Å². The summed E-state index contributed by atoms with van der Waals surface area (Å²) in [7, 11) is 0. The predicted molar refractivity (Wildman–Crippen MR) is 83.5 cm³/mol. The normalized spacial score (nSPS) is 14.2. The number of aromatic amines is 2. The second-order valence-electron chi connectivity index (χ2n) is 5.57. The second kappa shape index (κ2) is 5.63. The minimum Gasteiger partial charge on any atom is -0.434 e. The number of nitrogens with zero attached hydrogens (tertiary/aromatic N) is 2. The molecular weight excluding hydrogens is 318 g/mol. The Morgan fingerprint density at radius 3 is 3.08 bits per heavy atom. The SMILES string of the molecule is O=C(c1cc2c(OC(F)F)cccc2[nH]1)N1CCCc2[nH]ncc21. The van der Waals surface area contributed by atoms with Crippen LogP contribution in [0.2, 0.25) is 0 Å². The van der Waals surface area contributed by atoms with E-state index >= 15 is 0 Å². The van der Waals surface area contributed by atoms with Crippen LogP contribution in [0.1, 0.15) is 22.6 Å². The summed E-state index contributed by atoms with van der Waals surface area (Å²) in [6, 6.07) is 6.30. The second-order valence-corrected chi connectivity index (χ2v) is 5.57. The van der Waals surface area contributed by atoms with Crippen LogP contribution in [0, 0.1) is 0 Å². The Morgan fingerprint density at radius 1 is 1.38 bits per heavy atom. The lowest BCUT2D eigenvalue weighted by atomic mass is 10.1. The van der Waals surface area contributed by atoms with Crippen molar-refractivity contribution in [3.63, 3.8) is 0 Å². The van der Waals surface area contributed by atoms with Crippen LogP contribution in [0.25, 0.3) is 10.9 Å². The minimum absolute atomic E-state index is 0.0421. The zero-order chi connectivity index (χ0) is 16.7. The lowest BCUT2D eigenvalue weighted by Gasteiger charge is -2.25. The van der Waals surface area contributed by atoms with E-state index in [1.165, 1.54) is 6.07 Å². The van der Waals surface area contributed by atoms with Crippen LogP contribution < -0.4 is 9.64 Å². The number of rotatable bonds is 3. The van der Waals surface area contributed by atoms with Crippen molar-refractivity contribution in [2.24, 2.45) is 0 Å². The molecule has 4 rings (SSSR count). The van der Waals surface area contributed by atoms with Crippen molar-refractivity contribution in [2.75, 3.05) is 11.4 Å². The van der Waals surface area contributed by atoms with Crippen LogP contribution in [0.5, 0.6) is 5.75 Å². The molecule has 3 aromatic rings. The molecule has 8 heteroatoms. The quantitative estimate of drug-likeness (QED) is 0.774. The molecule has 1 aromatic carbocycles. The zero-order valence-electron chi connectivity index (χ0n) is 12.6. The molecule has 0 saturated carbocycles.